The number of hydrogen-bond acceptors (Lipinski definition) is 5. The molecule has 8 nitrogen and oxygen atoms in total. The molecule has 0 saturated carbocycles. The summed E-state index contributed by atoms with van der Waals surface area (Å²) in [5.41, 5.74) is -0.398. The average molecular weight is 316 g/mol. The Balaban J connectivity index is 0.000000472. The Hall–Kier alpha value is -2.09. The highest BCUT2D eigenvalue weighted by atomic mass is 16.6. The van der Waals surface area contributed by atoms with Crippen molar-refractivity contribution in [3.05, 3.63) is 12.2 Å². The second-order valence-electron chi connectivity index (χ2n) is 5.79. The maximum absolute atomic E-state index is 11.6. The van der Waals surface area contributed by atoms with Gasteiger partial charge in [0.1, 0.15) is 5.60 Å². The summed E-state index contributed by atoms with van der Waals surface area (Å²) in [7, 11) is 0. The van der Waals surface area contributed by atoms with Gasteiger partial charge in [0.05, 0.1) is 0 Å². The summed E-state index contributed by atoms with van der Waals surface area (Å²) in [5, 5.41) is 18.9. The van der Waals surface area contributed by atoms with E-state index in [2.05, 4.69) is 12.2 Å². The van der Waals surface area contributed by atoms with E-state index in [1.165, 1.54) is 0 Å². The lowest BCUT2D eigenvalue weighted by Gasteiger charge is -2.33. The Bertz CT molecular complexity index is 412. The molecule has 0 aromatic carbocycles. The minimum atomic E-state index is -1.26. The van der Waals surface area contributed by atoms with E-state index in [1.807, 2.05) is 20.8 Å². The number of carbonyl (C=O) groups is 3. The SMILES string of the molecule is C[C@H]1CN(C(=O)OC(C)(C)C)CCN1.O=C(O)/C=C\C(=O)O. The van der Waals surface area contributed by atoms with Crippen LogP contribution in [0.4, 0.5) is 4.79 Å². The van der Waals surface area contributed by atoms with Gasteiger partial charge in [0.25, 0.3) is 0 Å². The Morgan fingerprint density at radius 2 is 1.68 bits per heavy atom. The quantitative estimate of drug-likeness (QED) is 0.649. The van der Waals surface area contributed by atoms with Crippen molar-refractivity contribution in [2.24, 2.45) is 0 Å². The molecular weight excluding hydrogens is 292 g/mol. The van der Waals surface area contributed by atoms with Crippen LogP contribution in [0.25, 0.3) is 0 Å². The minimum Gasteiger partial charge on any atom is -0.478 e. The number of carboxylic acid groups (broad SMARTS) is 2. The topological polar surface area (TPSA) is 116 Å². The summed E-state index contributed by atoms with van der Waals surface area (Å²) < 4.78 is 5.28. The Morgan fingerprint density at radius 3 is 2.05 bits per heavy atom. The van der Waals surface area contributed by atoms with Gasteiger partial charge >= 0.3 is 18.0 Å². The average Bonchev–Trinajstić information content (AvgIpc) is 2.35. The zero-order chi connectivity index (χ0) is 17.3. The third kappa shape index (κ3) is 10.7. The number of nitrogens with zero attached hydrogens (tertiary/aromatic N) is 1. The van der Waals surface area contributed by atoms with E-state index in [0.717, 1.165) is 19.6 Å². The van der Waals surface area contributed by atoms with Crippen LogP contribution in [-0.4, -0.2) is 64.4 Å². The van der Waals surface area contributed by atoms with Gasteiger partial charge in [0.15, 0.2) is 0 Å². The number of hydrogen-bond donors (Lipinski definition) is 3. The molecule has 0 aromatic rings. The zero-order valence-electron chi connectivity index (χ0n) is 13.3. The van der Waals surface area contributed by atoms with E-state index < -0.39 is 17.5 Å². The fourth-order valence-electron chi connectivity index (χ4n) is 1.57. The molecule has 1 aliphatic heterocycles. The van der Waals surface area contributed by atoms with Crippen molar-refractivity contribution in [2.45, 2.75) is 39.3 Å². The zero-order valence-corrected chi connectivity index (χ0v) is 13.3. The molecule has 126 valence electrons. The lowest BCUT2D eigenvalue weighted by atomic mass is 10.2. The van der Waals surface area contributed by atoms with Crippen LogP contribution >= 0.6 is 0 Å². The van der Waals surface area contributed by atoms with Crippen LogP contribution in [0.15, 0.2) is 12.2 Å². The molecule has 0 aliphatic carbocycles. The van der Waals surface area contributed by atoms with E-state index in [-0.39, 0.29) is 6.09 Å². The van der Waals surface area contributed by atoms with E-state index in [9.17, 15) is 14.4 Å². The predicted molar refractivity (Wildman–Crippen MR) is 79.7 cm³/mol. The summed E-state index contributed by atoms with van der Waals surface area (Å²) in [4.78, 5) is 32.5. The highest BCUT2D eigenvalue weighted by Crippen LogP contribution is 2.11. The first-order valence-electron chi connectivity index (χ1n) is 6.86. The van der Waals surface area contributed by atoms with Crippen LogP contribution in [-0.2, 0) is 14.3 Å². The van der Waals surface area contributed by atoms with Gasteiger partial charge in [-0.3, -0.25) is 0 Å². The van der Waals surface area contributed by atoms with Gasteiger partial charge in [0.2, 0.25) is 0 Å². The van der Waals surface area contributed by atoms with Gasteiger partial charge in [-0.2, -0.15) is 0 Å². The van der Waals surface area contributed by atoms with Crippen LogP contribution < -0.4 is 5.32 Å². The highest BCUT2D eigenvalue weighted by molar-refractivity contribution is 5.89. The van der Waals surface area contributed by atoms with Gasteiger partial charge in [-0.05, 0) is 27.7 Å². The summed E-state index contributed by atoms with van der Waals surface area (Å²) >= 11 is 0. The van der Waals surface area contributed by atoms with Crippen LogP contribution in [0.2, 0.25) is 0 Å². The largest absolute Gasteiger partial charge is 0.478 e. The molecule has 1 rings (SSSR count). The maximum atomic E-state index is 11.6. The summed E-state index contributed by atoms with van der Waals surface area (Å²) in [6, 6.07) is 0.358. The molecule has 1 aliphatic rings. The lowest BCUT2D eigenvalue weighted by Crippen LogP contribution is -2.52. The number of piperazine rings is 1. The molecule has 1 amide bonds. The maximum Gasteiger partial charge on any atom is 0.410 e. The van der Waals surface area contributed by atoms with Crippen LogP contribution in [0.1, 0.15) is 27.7 Å². The van der Waals surface area contributed by atoms with Gasteiger partial charge in [-0.15, -0.1) is 0 Å². The van der Waals surface area contributed by atoms with Crippen molar-refractivity contribution < 1.29 is 29.3 Å². The molecule has 3 N–H and O–H groups in total. The van der Waals surface area contributed by atoms with Crippen LogP contribution in [0.3, 0.4) is 0 Å². The van der Waals surface area contributed by atoms with Gasteiger partial charge in [0, 0.05) is 37.8 Å². The van der Waals surface area contributed by atoms with Crippen LogP contribution in [0.5, 0.6) is 0 Å². The molecule has 0 radical (unpaired) electrons. The summed E-state index contributed by atoms with van der Waals surface area (Å²) in [6.45, 7) is 10.0. The molecule has 0 spiro atoms. The normalized spacial score (nSPS) is 18.4. The molecular formula is C14H24N2O6. The van der Waals surface area contributed by atoms with Crippen molar-refractivity contribution in [2.75, 3.05) is 19.6 Å². The lowest BCUT2D eigenvalue weighted by molar-refractivity contribution is -0.134. The second-order valence-corrected chi connectivity index (χ2v) is 5.79. The molecule has 1 atom stereocenters. The number of nitrogens with one attached hydrogen (secondary N) is 1. The van der Waals surface area contributed by atoms with E-state index in [4.69, 9.17) is 14.9 Å². The fourth-order valence-corrected chi connectivity index (χ4v) is 1.57. The van der Waals surface area contributed by atoms with Crippen molar-refractivity contribution in [3.63, 3.8) is 0 Å². The van der Waals surface area contributed by atoms with Crippen molar-refractivity contribution in [3.8, 4) is 0 Å². The van der Waals surface area contributed by atoms with E-state index >= 15 is 0 Å². The Labute approximate surface area is 129 Å². The van der Waals surface area contributed by atoms with E-state index in [0.29, 0.717) is 18.2 Å². The number of rotatable bonds is 2. The van der Waals surface area contributed by atoms with Crippen molar-refractivity contribution in [1.82, 2.24) is 10.2 Å². The number of amides is 1. The van der Waals surface area contributed by atoms with Crippen molar-refractivity contribution >= 4 is 18.0 Å². The first kappa shape index (κ1) is 19.9. The fraction of sp³-hybridized carbons (Fsp3) is 0.643. The number of carbonyl (C=O) groups excluding carboxylic acids is 1. The first-order valence-corrected chi connectivity index (χ1v) is 6.86. The first-order chi connectivity index (χ1) is 10.0. The van der Waals surface area contributed by atoms with Gasteiger partial charge in [-0.1, -0.05) is 0 Å². The smallest absolute Gasteiger partial charge is 0.410 e. The Kier molecular flexibility index (Phi) is 8.18. The predicted octanol–water partition coefficient (Wildman–Crippen LogP) is 0.927. The van der Waals surface area contributed by atoms with Gasteiger partial charge in [-0.25, -0.2) is 14.4 Å². The Morgan fingerprint density at radius 1 is 1.18 bits per heavy atom. The summed E-state index contributed by atoms with van der Waals surface area (Å²) in [6.07, 6.45) is 0.913. The molecule has 1 heterocycles. The number of aliphatic carboxylic acids is 2. The molecule has 0 bridgehead atoms. The van der Waals surface area contributed by atoms with Crippen molar-refractivity contribution in [1.29, 1.82) is 0 Å². The van der Waals surface area contributed by atoms with Gasteiger partial charge < -0.3 is 25.2 Å². The number of carboxylic acids is 2. The minimum absolute atomic E-state index is 0.203. The number of ether oxygens (including phenoxy) is 1. The van der Waals surface area contributed by atoms with Crippen LogP contribution in [0, 0.1) is 0 Å². The summed E-state index contributed by atoms with van der Waals surface area (Å²) in [5.74, 6) is -2.51. The molecule has 22 heavy (non-hydrogen) atoms. The standard InChI is InChI=1S/C10H20N2O2.C4H4O4/c1-8-7-12(6-5-11-8)9(13)14-10(2,3)4;5-3(6)1-2-4(7)8/h8,11H,5-7H2,1-4H3;1-2H,(H,5,6)(H,7,8)/b;2-1-/t8-;/m0./s1. The molecule has 8 heteroatoms. The monoisotopic (exact) mass is 316 g/mol. The second kappa shape index (κ2) is 9.04. The third-order valence-electron chi connectivity index (χ3n) is 2.39. The highest BCUT2D eigenvalue weighted by Gasteiger charge is 2.25. The molecule has 1 saturated heterocycles. The van der Waals surface area contributed by atoms with E-state index in [1.54, 1.807) is 4.90 Å². The third-order valence-corrected chi connectivity index (χ3v) is 2.39. The molecule has 0 aromatic heterocycles. The molecule has 0 unspecified atom stereocenters. The molecule has 1 fully saturated rings.